The number of hydrogen-bond acceptors (Lipinski definition) is 2. The molecule has 2 saturated carbocycles. The van der Waals surface area contributed by atoms with E-state index < -0.39 is 0 Å². The van der Waals surface area contributed by atoms with Crippen LogP contribution in [0.1, 0.15) is 58.3 Å². The standard InChI is InChI=1S/C15H30N2/c1-4-16-14(13-9-5-6-10-13)15(17(2)3)11-7-8-12-15/h13-14,16H,4-12H2,1-3H3. The van der Waals surface area contributed by atoms with Gasteiger partial charge in [-0.1, -0.05) is 32.6 Å². The summed E-state index contributed by atoms with van der Waals surface area (Å²) in [6.07, 6.45) is 11.5. The fourth-order valence-electron chi connectivity index (χ4n) is 4.33. The maximum Gasteiger partial charge on any atom is 0.0359 e. The van der Waals surface area contributed by atoms with Crippen LogP contribution in [0.3, 0.4) is 0 Å². The molecule has 0 heterocycles. The van der Waals surface area contributed by atoms with E-state index in [0.29, 0.717) is 5.54 Å². The third-order valence-corrected chi connectivity index (χ3v) is 5.23. The normalized spacial score (nSPS) is 26.8. The molecular formula is C15H30N2. The minimum absolute atomic E-state index is 0.449. The zero-order valence-electron chi connectivity index (χ0n) is 12.0. The molecule has 1 N–H and O–H groups in total. The molecule has 0 spiro atoms. The molecule has 0 aromatic heterocycles. The lowest BCUT2D eigenvalue weighted by molar-refractivity contribution is 0.0752. The molecule has 0 aromatic carbocycles. The van der Waals surface area contributed by atoms with E-state index >= 15 is 0 Å². The van der Waals surface area contributed by atoms with Crippen molar-refractivity contribution in [2.24, 2.45) is 5.92 Å². The molecule has 0 bridgehead atoms. The molecule has 0 saturated heterocycles. The van der Waals surface area contributed by atoms with Crippen LogP contribution in [-0.2, 0) is 0 Å². The van der Waals surface area contributed by atoms with Gasteiger partial charge < -0.3 is 10.2 Å². The highest BCUT2D eigenvalue weighted by molar-refractivity contribution is 5.05. The Labute approximate surface area is 107 Å². The first-order valence-corrected chi connectivity index (χ1v) is 7.61. The number of rotatable bonds is 5. The van der Waals surface area contributed by atoms with Gasteiger partial charge in [0.05, 0.1) is 0 Å². The van der Waals surface area contributed by atoms with Crippen molar-refractivity contribution in [2.45, 2.75) is 69.9 Å². The van der Waals surface area contributed by atoms with E-state index in [9.17, 15) is 0 Å². The van der Waals surface area contributed by atoms with Gasteiger partial charge >= 0.3 is 0 Å². The van der Waals surface area contributed by atoms with Crippen LogP contribution in [0.4, 0.5) is 0 Å². The Kier molecular flexibility index (Phi) is 4.48. The van der Waals surface area contributed by atoms with Crippen molar-refractivity contribution in [3.05, 3.63) is 0 Å². The molecule has 17 heavy (non-hydrogen) atoms. The molecule has 2 nitrogen and oxygen atoms in total. The van der Waals surface area contributed by atoms with Gasteiger partial charge in [-0.15, -0.1) is 0 Å². The number of likely N-dealkylation sites (N-methyl/N-ethyl adjacent to an activating group) is 2. The summed E-state index contributed by atoms with van der Waals surface area (Å²) in [7, 11) is 4.59. The molecule has 1 unspecified atom stereocenters. The maximum atomic E-state index is 3.85. The molecule has 2 aliphatic carbocycles. The first-order valence-electron chi connectivity index (χ1n) is 7.61. The molecule has 0 aliphatic heterocycles. The van der Waals surface area contributed by atoms with Crippen molar-refractivity contribution in [1.82, 2.24) is 10.2 Å². The molecule has 0 aromatic rings. The van der Waals surface area contributed by atoms with Gasteiger partial charge in [-0.25, -0.2) is 0 Å². The summed E-state index contributed by atoms with van der Waals surface area (Å²) >= 11 is 0. The number of nitrogens with one attached hydrogen (secondary N) is 1. The van der Waals surface area contributed by atoms with E-state index in [0.717, 1.165) is 18.5 Å². The quantitative estimate of drug-likeness (QED) is 0.792. The highest BCUT2D eigenvalue weighted by atomic mass is 15.2. The second kappa shape index (κ2) is 5.71. The lowest BCUT2D eigenvalue weighted by atomic mass is 9.78. The molecule has 1 atom stereocenters. The average molecular weight is 238 g/mol. The molecule has 0 amide bonds. The third kappa shape index (κ3) is 2.53. The van der Waals surface area contributed by atoms with E-state index in [-0.39, 0.29) is 0 Å². The summed E-state index contributed by atoms with van der Waals surface area (Å²) in [5, 5.41) is 3.85. The van der Waals surface area contributed by atoms with Gasteiger partial charge in [0.1, 0.15) is 0 Å². The van der Waals surface area contributed by atoms with E-state index in [4.69, 9.17) is 0 Å². The molecule has 100 valence electrons. The monoisotopic (exact) mass is 238 g/mol. The highest BCUT2D eigenvalue weighted by Crippen LogP contribution is 2.42. The van der Waals surface area contributed by atoms with Gasteiger partial charge in [0.15, 0.2) is 0 Å². The largest absolute Gasteiger partial charge is 0.312 e. The molecule has 2 rings (SSSR count). The van der Waals surface area contributed by atoms with Crippen LogP contribution in [0.25, 0.3) is 0 Å². The highest BCUT2D eigenvalue weighted by Gasteiger charge is 2.46. The predicted octanol–water partition coefficient (Wildman–Crippen LogP) is 3.03. The lowest BCUT2D eigenvalue weighted by Crippen LogP contribution is -2.60. The predicted molar refractivity (Wildman–Crippen MR) is 74.3 cm³/mol. The summed E-state index contributed by atoms with van der Waals surface area (Å²) in [4.78, 5) is 2.53. The van der Waals surface area contributed by atoms with Gasteiger partial charge in [-0.05, 0) is 52.2 Å². The summed E-state index contributed by atoms with van der Waals surface area (Å²) in [6.45, 7) is 3.39. The summed E-state index contributed by atoms with van der Waals surface area (Å²) in [5.74, 6) is 0.926. The Balaban J connectivity index is 2.16. The van der Waals surface area contributed by atoms with Crippen LogP contribution >= 0.6 is 0 Å². The van der Waals surface area contributed by atoms with Crippen LogP contribution in [0.5, 0.6) is 0 Å². The first kappa shape index (κ1) is 13.4. The van der Waals surface area contributed by atoms with E-state index in [1.807, 2.05) is 0 Å². The second-order valence-electron chi connectivity index (χ2n) is 6.28. The van der Waals surface area contributed by atoms with Crippen LogP contribution in [0, 0.1) is 5.92 Å². The van der Waals surface area contributed by atoms with Crippen molar-refractivity contribution in [3.8, 4) is 0 Å². The van der Waals surface area contributed by atoms with Crippen LogP contribution in [-0.4, -0.2) is 37.1 Å². The molecule has 2 heteroatoms. The maximum absolute atomic E-state index is 3.85. The van der Waals surface area contributed by atoms with Crippen molar-refractivity contribution in [1.29, 1.82) is 0 Å². The van der Waals surface area contributed by atoms with Crippen molar-refractivity contribution >= 4 is 0 Å². The van der Waals surface area contributed by atoms with Crippen LogP contribution < -0.4 is 5.32 Å². The van der Waals surface area contributed by atoms with Gasteiger partial charge in [-0.2, -0.15) is 0 Å². The third-order valence-electron chi connectivity index (χ3n) is 5.23. The van der Waals surface area contributed by atoms with Crippen molar-refractivity contribution in [3.63, 3.8) is 0 Å². The van der Waals surface area contributed by atoms with Gasteiger partial charge in [0, 0.05) is 11.6 Å². The summed E-state index contributed by atoms with van der Waals surface area (Å²) in [6, 6.07) is 0.729. The second-order valence-corrected chi connectivity index (χ2v) is 6.28. The zero-order chi connectivity index (χ0) is 12.3. The number of hydrogen-bond donors (Lipinski definition) is 1. The van der Waals surface area contributed by atoms with E-state index in [1.54, 1.807) is 0 Å². The van der Waals surface area contributed by atoms with Gasteiger partial charge in [-0.3, -0.25) is 0 Å². The van der Waals surface area contributed by atoms with Crippen molar-refractivity contribution in [2.75, 3.05) is 20.6 Å². The first-order chi connectivity index (χ1) is 8.20. The fraction of sp³-hybridized carbons (Fsp3) is 1.00. The van der Waals surface area contributed by atoms with Crippen LogP contribution in [0.2, 0.25) is 0 Å². The fourth-order valence-corrected chi connectivity index (χ4v) is 4.33. The average Bonchev–Trinajstić information content (AvgIpc) is 2.98. The zero-order valence-corrected chi connectivity index (χ0v) is 12.0. The lowest BCUT2D eigenvalue weighted by Gasteiger charge is -2.46. The Morgan fingerprint density at radius 2 is 1.71 bits per heavy atom. The van der Waals surface area contributed by atoms with Gasteiger partial charge in [0.2, 0.25) is 0 Å². The van der Waals surface area contributed by atoms with E-state index in [1.165, 1.54) is 51.4 Å². The topological polar surface area (TPSA) is 15.3 Å². The minimum Gasteiger partial charge on any atom is -0.312 e. The SMILES string of the molecule is CCNC(C1CCCC1)C1(N(C)C)CCCC1. The van der Waals surface area contributed by atoms with Crippen molar-refractivity contribution < 1.29 is 0 Å². The number of nitrogens with zero attached hydrogens (tertiary/aromatic N) is 1. The molecular weight excluding hydrogens is 208 g/mol. The van der Waals surface area contributed by atoms with Crippen LogP contribution in [0.15, 0.2) is 0 Å². The molecule has 2 fully saturated rings. The molecule has 0 radical (unpaired) electrons. The Hall–Kier alpha value is -0.0800. The van der Waals surface area contributed by atoms with Gasteiger partial charge in [0.25, 0.3) is 0 Å². The Bertz CT molecular complexity index is 225. The Morgan fingerprint density at radius 1 is 1.12 bits per heavy atom. The minimum atomic E-state index is 0.449. The summed E-state index contributed by atoms with van der Waals surface area (Å²) in [5.41, 5.74) is 0.449. The smallest absolute Gasteiger partial charge is 0.0359 e. The Morgan fingerprint density at radius 3 is 2.18 bits per heavy atom. The molecule has 2 aliphatic rings. The summed E-state index contributed by atoms with van der Waals surface area (Å²) < 4.78 is 0. The van der Waals surface area contributed by atoms with E-state index in [2.05, 4.69) is 31.2 Å².